The van der Waals surface area contributed by atoms with E-state index < -0.39 is 6.10 Å². The van der Waals surface area contributed by atoms with Crippen molar-refractivity contribution in [3.05, 3.63) is 54.2 Å². The van der Waals surface area contributed by atoms with Crippen LogP contribution in [0.4, 0.5) is 5.82 Å². The summed E-state index contributed by atoms with van der Waals surface area (Å²) in [5.74, 6) is 0.880. The molecule has 2 amide bonds. The highest BCUT2D eigenvalue weighted by atomic mass is 16.5. The molecule has 154 valence electrons. The average Bonchev–Trinajstić information content (AvgIpc) is 2.75. The summed E-state index contributed by atoms with van der Waals surface area (Å²) in [4.78, 5) is 31.1. The summed E-state index contributed by atoms with van der Waals surface area (Å²) in [6.07, 6.45) is 2.60. The predicted molar refractivity (Wildman–Crippen MR) is 110 cm³/mol. The van der Waals surface area contributed by atoms with Gasteiger partial charge in [0.1, 0.15) is 0 Å². The summed E-state index contributed by atoms with van der Waals surface area (Å²) >= 11 is 0. The number of nitrogens with zero attached hydrogens (tertiary/aromatic N) is 2. The molecule has 0 bridgehead atoms. The van der Waals surface area contributed by atoms with Crippen LogP contribution in [0.2, 0.25) is 0 Å². The van der Waals surface area contributed by atoms with Gasteiger partial charge >= 0.3 is 0 Å². The van der Waals surface area contributed by atoms with Crippen LogP contribution >= 0.6 is 0 Å². The molecular weight excluding hydrogens is 370 g/mol. The van der Waals surface area contributed by atoms with Crippen molar-refractivity contribution in [3.8, 4) is 5.75 Å². The van der Waals surface area contributed by atoms with Crippen LogP contribution in [0.25, 0.3) is 0 Å². The minimum atomic E-state index is -0.708. The number of ether oxygens (including phenoxy) is 2. The Hall–Kier alpha value is -2.93. The van der Waals surface area contributed by atoms with Crippen LogP contribution in [0.15, 0.2) is 48.7 Å². The van der Waals surface area contributed by atoms with Crippen LogP contribution in [0, 0.1) is 0 Å². The molecule has 7 nitrogen and oxygen atoms in total. The van der Waals surface area contributed by atoms with Crippen molar-refractivity contribution < 1.29 is 19.1 Å². The molecule has 1 N–H and O–H groups in total. The summed E-state index contributed by atoms with van der Waals surface area (Å²) < 4.78 is 11.2. The molecule has 2 heterocycles. The first-order chi connectivity index (χ1) is 14.2. The van der Waals surface area contributed by atoms with Crippen LogP contribution in [-0.2, 0) is 14.3 Å². The van der Waals surface area contributed by atoms with Gasteiger partial charge in [-0.05, 0) is 31.9 Å². The Morgan fingerprint density at radius 3 is 2.83 bits per heavy atom. The first kappa shape index (κ1) is 20.8. The lowest BCUT2D eigenvalue weighted by molar-refractivity contribution is -0.127. The summed E-state index contributed by atoms with van der Waals surface area (Å²) in [6.45, 7) is 4.27. The molecule has 0 aliphatic carbocycles. The van der Waals surface area contributed by atoms with Crippen molar-refractivity contribution in [2.24, 2.45) is 0 Å². The molecule has 29 heavy (non-hydrogen) atoms. The second-order valence-corrected chi connectivity index (χ2v) is 6.73. The zero-order chi connectivity index (χ0) is 20.5. The maximum absolute atomic E-state index is 13.1. The molecule has 0 saturated heterocycles. The molecule has 0 spiro atoms. The first-order valence-corrected chi connectivity index (χ1v) is 10.0. The van der Waals surface area contributed by atoms with Crippen LogP contribution in [0.1, 0.15) is 37.9 Å². The third kappa shape index (κ3) is 5.54. The normalized spacial score (nSPS) is 15.6. The van der Waals surface area contributed by atoms with E-state index in [1.165, 1.54) is 0 Å². The fraction of sp³-hybridized carbons (Fsp3) is 0.409. The van der Waals surface area contributed by atoms with Gasteiger partial charge in [-0.15, -0.1) is 0 Å². The Balaban J connectivity index is 1.59. The van der Waals surface area contributed by atoms with Gasteiger partial charge in [-0.25, -0.2) is 4.98 Å². The van der Waals surface area contributed by atoms with Gasteiger partial charge in [0.2, 0.25) is 12.0 Å². The number of fused-ring (bicyclic) bond motifs is 1. The highest BCUT2D eigenvalue weighted by Gasteiger charge is 2.36. The van der Waals surface area contributed by atoms with E-state index in [4.69, 9.17) is 9.47 Å². The van der Waals surface area contributed by atoms with Gasteiger partial charge in [0, 0.05) is 44.5 Å². The number of hydrogen-bond donors (Lipinski definition) is 1. The quantitative estimate of drug-likeness (QED) is 0.624. The van der Waals surface area contributed by atoms with E-state index >= 15 is 0 Å². The molecular formula is C22H27N3O4. The maximum Gasteiger partial charge on any atom is 0.274 e. The summed E-state index contributed by atoms with van der Waals surface area (Å²) in [5.41, 5.74) is 0.795. The predicted octanol–water partition coefficient (Wildman–Crippen LogP) is 2.87. The number of nitrogens with one attached hydrogen (secondary N) is 1. The van der Waals surface area contributed by atoms with Gasteiger partial charge < -0.3 is 14.8 Å². The monoisotopic (exact) mass is 397 g/mol. The Labute approximate surface area is 171 Å². The van der Waals surface area contributed by atoms with Crippen molar-refractivity contribution >= 4 is 17.6 Å². The minimum absolute atomic E-state index is 0.0249. The molecule has 1 aromatic carbocycles. The third-order valence-corrected chi connectivity index (χ3v) is 4.62. The smallest absolute Gasteiger partial charge is 0.274 e. The number of carbonyl (C=O) groups excluding carboxylic acids is 2. The molecule has 7 heteroatoms. The standard InChI is InChI=1S/C22H27N3O4/c1-2-28-16-8-14-23-19(26)12-7-15-25-21-18(11-6-13-24-21)29-20(22(25)27)17-9-4-3-5-10-17/h3-6,9-11,13,20H,2,7-8,12,14-16H2,1H3,(H,23,26). The number of carbonyl (C=O) groups is 2. The average molecular weight is 397 g/mol. The lowest BCUT2D eigenvalue weighted by Gasteiger charge is -2.33. The van der Waals surface area contributed by atoms with E-state index in [1.54, 1.807) is 17.2 Å². The van der Waals surface area contributed by atoms with E-state index in [0.717, 1.165) is 12.0 Å². The van der Waals surface area contributed by atoms with E-state index in [9.17, 15) is 9.59 Å². The van der Waals surface area contributed by atoms with Gasteiger partial charge in [0.15, 0.2) is 11.6 Å². The number of anilines is 1. The SMILES string of the molecule is CCOCCCNC(=O)CCCN1C(=O)C(c2ccccc2)Oc2cccnc21. The molecule has 0 fully saturated rings. The van der Waals surface area contributed by atoms with Crippen molar-refractivity contribution in [3.63, 3.8) is 0 Å². The molecule has 0 radical (unpaired) electrons. The van der Waals surface area contributed by atoms with Crippen molar-refractivity contribution in [1.29, 1.82) is 0 Å². The number of rotatable bonds is 10. The van der Waals surface area contributed by atoms with Gasteiger partial charge in [-0.1, -0.05) is 30.3 Å². The highest BCUT2D eigenvalue weighted by molar-refractivity contribution is 5.99. The Morgan fingerprint density at radius 2 is 2.03 bits per heavy atom. The van der Waals surface area contributed by atoms with Crippen molar-refractivity contribution in [2.75, 3.05) is 31.2 Å². The molecule has 1 unspecified atom stereocenters. The van der Waals surface area contributed by atoms with Gasteiger partial charge in [0.25, 0.3) is 5.91 Å². The number of amides is 2. The molecule has 1 aliphatic heterocycles. The number of aromatic nitrogens is 1. The highest BCUT2D eigenvalue weighted by Crippen LogP contribution is 2.37. The van der Waals surface area contributed by atoms with Crippen LogP contribution in [0.3, 0.4) is 0 Å². The largest absolute Gasteiger partial charge is 0.472 e. The van der Waals surface area contributed by atoms with Gasteiger partial charge in [-0.2, -0.15) is 0 Å². The third-order valence-electron chi connectivity index (χ3n) is 4.62. The molecule has 0 saturated carbocycles. The van der Waals surface area contributed by atoms with E-state index in [0.29, 0.717) is 50.7 Å². The molecule has 3 rings (SSSR count). The molecule has 1 atom stereocenters. The Bertz CT molecular complexity index is 813. The summed E-state index contributed by atoms with van der Waals surface area (Å²) in [6, 6.07) is 13.0. The fourth-order valence-electron chi connectivity index (χ4n) is 3.19. The minimum Gasteiger partial charge on any atom is -0.472 e. The van der Waals surface area contributed by atoms with Crippen molar-refractivity contribution in [1.82, 2.24) is 10.3 Å². The van der Waals surface area contributed by atoms with E-state index in [-0.39, 0.29) is 11.8 Å². The number of pyridine rings is 1. The van der Waals surface area contributed by atoms with Crippen molar-refractivity contribution in [2.45, 2.75) is 32.3 Å². The zero-order valence-corrected chi connectivity index (χ0v) is 16.7. The molecule has 1 aromatic heterocycles. The maximum atomic E-state index is 13.1. The van der Waals surface area contributed by atoms with E-state index in [1.807, 2.05) is 43.3 Å². The Morgan fingerprint density at radius 1 is 1.21 bits per heavy atom. The van der Waals surface area contributed by atoms with E-state index in [2.05, 4.69) is 10.3 Å². The second-order valence-electron chi connectivity index (χ2n) is 6.73. The molecule has 2 aromatic rings. The van der Waals surface area contributed by atoms with Gasteiger partial charge in [0.05, 0.1) is 0 Å². The second kappa shape index (κ2) is 10.6. The van der Waals surface area contributed by atoms with Gasteiger partial charge in [-0.3, -0.25) is 14.5 Å². The number of benzene rings is 1. The number of hydrogen-bond acceptors (Lipinski definition) is 5. The summed E-state index contributed by atoms with van der Waals surface area (Å²) in [5, 5.41) is 2.88. The Kier molecular flexibility index (Phi) is 7.58. The fourth-order valence-corrected chi connectivity index (χ4v) is 3.19. The van der Waals surface area contributed by atoms with Crippen LogP contribution in [0.5, 0.6) is 5.75 Å². The summed E-state index contributed by atoms with van der Waals surface area (Å²) in [7, 11) is 0. The van der Waals surface area contributed by atoms with Crippen LogP contribution < -0.4 is 15.0 Å². The topological polar surface area (TPSA) is 80.8 Å². The lowest BCUT2D eigenvalue weighted by Crippen LogP contribution is -2.42. The molecule has 1 aliphatic rings. The lowest BCUT2D eigenvalue weighted by atomic mass is 10.1. The first-order valence-electron chi connectivity index (χ1n) is 10.0. The van der Waals surface area contributed by atoms with Crippen LogP contribution in [-0.4, -0.2) is 43.1 Å². The zero-order valence-electron chi connectivity index (χ0n) is 16.7.